The van der Waals surface area contributed by atoms with Gasteiger partial charge in [-0.3, -0.25) is 0 Å². The molecule has 0 spiro atoms. The van der Waals surface area contributed by atoms with Crippen LogP contribution in [0, 0.1) is 12.7 Å². The van der Waals surface area contributed by atoms with Crippen LogP contribution >= 0.6 is 11.6 Å². The van der Waals surface area contributed by atoms with Gasteiger partial charge in [0.25, 0.3) is 0 Å². The Bertz CT molecular complexity index is 754. The summed E-state index contributed by atoms with van der Waals surface area (Å²) in [7, 11) is 0. The summed E-state index contributed by atoms with van der Waals surface area (Å²) in [5.41, 5.74) is 2.63. The normalized spacial score (nSPS) is 10.9. The van der Waals surface area contributed by atoms with Crippen molar-refractivity contribution < 1.29 is 4.39 Å². The van der Waals surface area contributed by atoms with Gasteiger partial charge in [-0.15, -0.1) is 0 Å². The van der Waals surface area contributed by atoms with Crippen LogP contribution in [-0.4, -0.2) is 9.97 Å². The highest BCUT2D eigenvalue weighted by molar-refractivity contribution is 6.34. The van der Waals surface area contributed by atoms with E-state index in [0.717, 1.165) is 22.0 Å². The van der Waals surface area contributed by atoms with Gasteiger partial charge in [0.1, 0.15) is 11.0 Å². The van der Waals surface area contributed by atoms with Crippen LogP contribution in [0.3, 0.4) is 0 Å². The number of rotatable bonds is 1. The smallest absolute Gasteiger partial charge is 0.161 e. The van der Waals surface area contributed by atoms with Gasteiger partial charge in [0, 0.05) is 10.9 Å². The molecular formula is C15H10ClFN2. The maximum atomic E-state index is 12.9. The van der Waals surface area contributed by atoms with Crippen molar-refractivity contribution in [3.05, 3.63) is 59.0 Å². The van der Waals surface area contributed by atoms with Gasteiger partial charge >= 0.3 is 0 Å². The van der Waals surface area contributed by atoms with Crippen LogP contribution in [-0.2, 0) is 0 Å². The average Bonchev–Trinajstić information content (AvgIpc) is 2.40. The summed E-state index contributed by atoms with van der Waals surface area (Å²) in [5.74, 6) is 0.215. The molecule has 4 heteroatoms. The highest BCUT2D eigenvalue weighted by Crippen LogP contribution is 2.25. The maximum Gasteiger partial charge on any atom is 0.161 e. The summed E-state index contributed by atoms with van der Waals surface area (Å²) in [6.45, 7) is 1.99. The molecule has 3 aromatic rings. The Morgan fingerprint density at radius 3 is 2.47 bits per heavy atom. The van der Waals surface area contributed by atoms with E-state index < -0.39 is 0 Å². The Balaban J connectivity index is 2.20. The first-order chi connectivity index (χ1) is 9.13. The van der Waals surface area contributed by atoms with Gasteiger partial charge in [-0.1, -0.05) is 23.2 Å². The summed E-state index contributed by atoms with van der Waals surface area (Å²) in [5, 5.41) is 1.24. The largest absolute Gasteiger partial charge is 0.228 e. The second-order valence-electron chi connectivity index (χ2n) is 4.37. The first-order valence-electron chi connectivity index (χ1n) is 5.83. The number of benzene rings is 2. The van der Waals surface area contributed by atoms with Gasteiger partial charge in [0.2, 0.25) is 0 Å². The van der Waals surface area contributed by atoms with Gasteiger partial charge in [0.15, 0.2) is 5.82 Å². The van der Waals surface area contributed by atoms with E-state index in [1.165, 1.54) is 12.1 Å². The third-order valence-electron chi connectivity index (χ3n) is 2.91. The molecule has 0 atom stereocenters. The highest BCUT2D eigenvalue weighted by Gasteiger charge is 2.08. The Labute approximate surface area is 114 Å². The van der Waals surface area contributed by atoms with Gasteiger partial charge in [0.05, 0.1) is 5.52 Å². The Kier molecular flexibility index (Phi) is 2.91. The lowest BCUT2D eigenvalue weighted by Crippen LogP contribution is -1.92. The van der Waals surface area contributed by atoms with Crippen molar-refractivity contribution in [2.24, 2.45) is 0 Å². The maximum absolute atomic E-state index is 12.9. The van der Waals surface area contributed by atoms with Crippen molar-refractivity contribution >= 4 is 22.5 Å². The van der Waals surface area contributed by atoms with Crippen molar-refractivity contribution in [2.45, 2.75) is 6.92 Å². The third kappa shape index (κ3) is 2.29. The van der Waals surface area contributed by atoms with Gasteiger partial charge in [-0.2, -0.15) is 0 Å². The van der Waals surface area contributed by atoms with Crippen LogP contribution in [0.15, 0.2) is 42.5 Å². The molecule has 94 valence electrons. The van der Waals surface area contributed by atoms with Crippen molar-refractivity contribution in [2.75, 3.05) is 0 Å². The molecule has 0 aliphatic carbocycles. The molecule has 0 amide bonds. The number of hydrogen-bond donors (Lipinski definition) is 0. The van der Waals surface area contributed by atoms with E-state index in [0.29, 0.717) is 11.0 Å². The van der Waals surface area contributed by atoms with Crippen molar-refractivity contribution in [3.63, 3.8) is 0 Å². The predicted molar refractivity (Wildman–Crippen MR) is 74.7 cm³/mol. The van der Waals surface area contributed by atoms with E-state index in [9.17, 15) is 4.39 Å². The van der Waals surface area contributed by atoms with Crippen LogP contribution < -0.4 is 0 Å². The second-order valence-corrected chi connectivity index (χ2v) is 4.72. The summed E-state index contributed by atoms with van der Waals surface area (Å²) in [6, 6.07) is 11.9. The summed E-state index contributed by atoms with van der Waals surface area (Å²) in [4.78, 5) is 8.73. The van der Waals surface area contributed by atoms with Crippen molar-refractivity contribution in [1.82, 2.24) is 9.97 Å². The Morgan fingerprint density at radius 1 is 1.00 bits per heavy atom. The van der Waals surface area contributed by atoms with E-state index >= 15 is 0 Å². The number of halogens is 2. The van der Waals surface area contributed by atoms with E-state index in [1.54, 1.807) is 12.1 Å². The van der Waals surface area contributed by atoms with Crippen LogP contribution in [0.4, 0.5) is 4.39 Å². The molecule has 0 bridgehead atoms. The minimum atomic E-state index is -0.286. The monoisotopic (exact) mass is 272 g/mol. The Hall–Kier alpha value is -2.00. The van der Waals surface area contributed by atoms with Crippen LogP contribution in [0.5, 0.6) is 0 Å². The Morgan fingerprint density at radius 2 is 1.74 bits per heavy atom. The molecular weight excluding hydrogens is 263 g/mol. The average molecular weight is 273 g/mol. The molecule has 1 aromatic heterocycles. The van der Waals surface area contributed by atoms with Crippen molar-refractivity contribution in [1.29, 1.82) is 0 Å². The molecule has 1 heterocycles. The van der Waals surface area contributed by atoms with Gasteiger partial charge < -0.3 is 0 Å². The van der Waals surface area contributed by atoms with E-state index in [-0.39, 0.29) is 5.82 Å². The number of aromatic nitrogens is 2. The number of hydrogen-bond acceptors (Lipinski definition) is 2. The standard InChI is InChI=1S/C15H10ClFN2/c1-9-2-7-13-12(8-9)14(16)19-15(18-13)10-3-5-11(17)6-4-10/h2-8H,1H3. The first kappa shape index (κ1) is 12.1. The topological polar surface area (TPSA) is 25.8 Å². The number of nitrogens with zero attached hydrogens (tertiary/aromatic N) is 2. The SMILES string of the molecule is Cc1ccc2nc(-c3ccc(F)cc3)nc(Cl)c2c1. The minimum Gasteiger partial charge on any atom is -0.228 e. The highest BCUT2D eigenvalue weighted by atomic mass is 35.5. The molecule has 2 aromatic carbocycles. The second kappa shape index (κ2) is 4.59. The summed E-state index contributed by atoms with van der Waals surface area (Å²) < 4.78 is 12.9. The summed E-state index contributed by atoms with van der Waals surface area (Å²) in [6.07, 6.45) is 0. The molecule has 0 unspecified atom stereocenters. The zero-order chi connectivity index (χ0) is 13.4. The van der Waals surface area contributed by atoms with E-state index in [4.69, 9.17) is 11.6 Å². The molecule has 3 rings (SSSR count). The fourth-order valence-electron chi connectivity index (χ4n) is 1.93. The number of aryl methyl sites for hydroxylation is 1. The number of fused-ring (bicyclic) bond motifs is 1. The summed E-state index contributed by atoms with van der Waals surface area (Å²) >= 11 is 6.19. The zero-order valence-corrected chi connectivity index (χ0v) is 10.9. The van der Waals surface area contributed by atoms with Crippen LogP contribution in [0.1, 0.15) is 5.56 Å². The van der Waals surface area contributed by atoms with E-state index in [1.807, 2.05) is 25.1 Å². The quantitative estimate of drug-likeness (QED) is 0.614. The minimum absolute atomic E-state index is 0.286. The molecule has 2 nitrogen and oxygen atoms in total. The lowest BCUT2D eigenvalue weighted by Gasteiger charge is -2.05. The van der Waals surface area contributed by atoms with Gasteiger partial charge in [-0.25, -0.2) is 14.4 Å². The lowest BCUT2D eigenvalue weighted by molar-refractivity contribution is 0.628. The molecule has 0 N–H and O–H groups in total. The third-order valence-corrected chi connectivity index (χ3v) is 3.20. The fraction of sp³-hybridized carbons (Fsp3) is 0.0667. The van der Waals surface area contributed by atoms with Gasteiger partial charge in [-0.05, 0) is 43.3 Å². The van der Waals surface area contributed by atoms with E-state index in [2.05, 4.69) is 9.97 Å². The first-order valence-corrected chi connectivity index (χ1v) is 6.21. The van der Waals surface area contributed by atoms with Crippen molar-refractivity contribution in [3.8, 4) is 11.4 Å². The molecule has 0 saturated carbocycles. The fourth-order valence-corrected chi connectivity index (χ4v) is 2.16. The zero-order valence-electron chi connectivity index (χ0n) is 10.2. The molecule has 19 heavy (non-hydrogen) atoms. The van der Waals surface area contributed by atoms with Crippen LogP contribution in [0.25, 0.3) is 22.3 Å². The molecule has 0 saturated heterocycles. The van der Waals surface area contributed by atoms with Crippen LogP contribution in [0.2, 0.25) is 5.15 Å². The lowest BCUT2D eigenvalue weighted by atomic mass is 10.1. The molecule has 0 fully saturated rings. The molecule has 0 radical (unpaired) electrons. The molecule has 0 aliphatic heterocycles. The molecule has 0 aliphatic rings. The predicted octanol–water partition coefficient (Wildman–Crippen LogP) is 4.40.